The molecule has 1 saturated carbocycles. The summed E-state index contributed by atoms with van der Waals surface area (Å²) < 4.78 is 5.52. The van der Waals surface area contributed by atoms with E-state index in [0.717, 1.165) is 18.4 Å². The fourth-order valence-electron chi connectivity index (χ4n) is 3.44. The first-order chi connectivity index (χ1) is 13.6. The molecule has 28 heavy (non-hydrogen) atoms. The first-order valence-electron chi connectivity index (χ1n) is 9.92. The molecule has 1 N–H and O–H groups in total. The second kappa shape index (κ2) is 8.14. The molecule has 2 aliphatic rings. The summed E-state index contributed by atoms with van der Waals surface area (Å²) in [6, 6.07) is 9.87. The van der Waals surface area contributed by atoms with E-state index in [1.54, 1.807) is 6.26 Å². The quantitative estimate of drug-likeness (QED) is 0.823. The smallest absolute Gasteiger partial charge is 0.237 e. The van der Waals surface area contributed by atoms with Gasteiger partial charge in [0, 0.05) is 37.8 Å². The molecule has 1 aliphatic heterocycles. The second-order valence-corrected chi connectivity index (χ2v) is 7.56. The van der Waals surface area contributed by atoms with E-state index in [1.807, 2.05) is 42.2 Å². The van der Waals surface area contributed by atoms with E-state index in [2.05, 4.69) is 15.2 Å². The molecule has 1 aliphatic carbocycles. The zero-order valence-corrected chi connectivity index (χ0v) is 16.1. The predicted molar refractivity (Wildman–Crippen MR) is 104 cm³/mol. The van der Waals surface area contributed by atoms with Gasteiger partial charge in [0.15, 0.2) is 0 Å². The van der Waals surface area contributed by atoms with E-state index in [1.165, 1.54) is 0 Å². The molecule has 1 aromatic heterocycles. The highest BCUT2D eigenvalue weighted by atomic mass is 16.3. The standard InChI is InChI=1S/C21H26N4O3/c1-15(20(27)22-17-7-8-17)24-9-11-25(12-10-24)19(26)13-18-14-28-21(23-18)16-5-3-2-4-6-16/h2-6,14-15,17H,7-13H2,1H3,(H,22,27). The molecular formula is C21H26N4O3. The molecule has 1 unspecified atom stereocenters. The summed E-state index contributed by atoms with van der Waals surface area (Å²) in [5.41, 5.74) is 1.54. The third kappa shape index (κ3) is 4.42. The van der Waals surface area contributed by atoms with E-state index in [9.17, 15) is 9.59 Å². The highest BCUT2D eigenvalue weighted by molar-refractivity contribution is 5.82. The topological polar surface area (TPSA) is 78.7 Å². The van der Waals surface area contributed by atoms with Crippen molar-refractivity contribution in [1.82, 2.24) is 20.1 Å². The summed E-state index contributed by atoms with van der Waals surface area (Å²) in [5.74, 6) is 0.671. The molecule has 2 heterocycles. The lowest BCUT2D eigenvalue weighted by Gasteiger charge is -2.37. The number of hydrogen-bond acceptors (Lipinski definition) is 5. The normalized spacial score (nSPS) is 18.7. The van der Waals surface area contributed by atoms with E-state index in [0.29, 0.717) is 43.8 Å². The van der Waals surface area contributed by atoms with E-state index < -0.39 is 0 Å². The van der Waals surface area contributed by atoms with Crippen LogP contribution in [0.1, 0.15) is 25.5 Å². The zero-order chi connectivity index (χ0) is 19.5. The minimum atomic E-state index is -0.151. The van der Waals surface area contributed by atoms with Gasteiger partial charge in [0.2, 0.25) is 17.7 Å². The van der Waals surface area contributed by atoms with E-state index >= 15 is 0 Å². The van der Waals surface area contributed by atoms with Gasteiger partial charge in [-0.15, -0.1) is 0 Å². The summed E-state index contributed by atoms with van der Waals surface area (Å²) >= 11 is 0. The van der Waals surface area contributed by atoms with Crippen LogP contribution in [-0.2, 0) is 16.0 Å². The lowest BCUT2D eigenvalue weighted by atomic mass is 10.2. The SMILES string of the molecule is CC(C(=O)NC1CC1)N1CCN(C(=O)Cc2coc(-c3ccccc3)n2)CC1. The van der Waals surface area contributed by atoms with Gasteiger partial charge < -0.3 is 14.6 Å². The number of hydrogen-bond donors (Lipinski definition) is 1. The van der Waals surface area contributed by atoms with Crippen LogP contribution in [0.25, 0.3) is 11.5 Å². The Morgan fingerprint density at radius 2 is 1.89 bits per heavy atom. The number of rotatable bonds is 6. The van der Waals surface area contributed by atoms with Crippen LogP contribution in [0.4, 0.5) is 0 Å². The highest BCUT2D eigenvalue weighted by Crippen LogP contribution is 2.20. The van der Waals surface area contributed by atoms with E-state index in [4.69, 9.17) is 4.42 Å². The first-order valence-corrected chi connectivity index (χ1v) is 9.92. The zero-order valence-electron chi connectivity index (χ0n) is 16.1. The van der Waals surface area contributed by atoms with Gasteiger partial charge in [-0.2, -0.15) is 0 Å². The Balaban J connectivity index is 1.27. The van der Waals surface area contributed by atoms with Crippen LogP contribution in [0, 0.1) is 0 Å². The number of amides is 2. The molecule has 7 heteroatoms. The van der Waals surface area contributed by atoms with Gasteiger partial charge in [0.1, 0.15) is 6.26 Å². The summed E-state index contributed by atoms with van der Waals surface area (Å²) in [4.78, 5) is 33.3. The number of nitrogens with one attached hydrogen (secondary N) is 1. The maximum Gasteiger partial charge on any atom is 0.237 e. The average molecular weight is 382 g/mol. The number of oxazole rings is 1. The van der Waals surface area contributed by atoms with Gasteiger partial charge in [-0.3, -0.25) is 14.5 Å². The Morgan fingerprint density at radius 3 is 2.57 bits per heavy atom. The van der Waals surface area contributed by atoms with Crippen LogP contribution in [0.5, 0.6) is 0 Å². The Hall–Kier alpha value is -2.67. The Labute approximate surface area is 164 Å². The lowest BCUT2D eigenvalue weighted by Crippen LogP contribution is -2.55. The van der Waals surface area contributed by atoms with Crippen LogP contribution in [-0.4, -0.2) is 64.9 Å². The minimum Gasteiger partial charge on any atom is -0.444 e. The van der Waals surface area contributed by atoms with E-state index in [-0.39, 0.29) is 24.3 Å². The van der Waals surface area contributed by atoms with Gasteiger partial charge in [-0.25, -0.2) is 4.98 Å². The van der Waals surface area contributed by atoms with Gasteiger partial charge in [-0.1, -0.05) is 18.2 Å². The molecule has 1 atom stereocenters. The first kappa shape index (κ1) is 18.7. The molecular weight excluding hydrogens is 356 g/mol. The van der Waals surface area contributed by atoms with Crippen molar-refractivity contribution in [2.75, 3.05) is 26.2 Å². The third-order valence-electron chi connectivity index (χ3n) is 5.42. The number of carbonyl (C=O) groups excluding carboxylic acids is 2. The van der Waals surface area contributed by atoms with Crippen LogP contribution in [0.15, 0.2) is 41.0 Å². The fraction of sp³-hybridized carbons (Fsp3) is 0.476. The molecule has 1 aromatic carbocycles. The van der Waals surface area contributed by atoms with Gasteiger partial charge >= 0.3 is 0 Å². The maximum atomic E-state index is 12.6. The summed E-state index contributed by atoms with van der Waals surface area (Å²) in [6.45, 7) is 4.61. The monoisotopic (exact) mass is 382 g/mol. The molecule has 7 nitrogen and oxygen atoms in total. The summed E-state index contributed by atoms with van der Waals surface area (Å²) in [7, 11) is 0. The fourth-order valence-corrected chi connectivity index (χ4v) is 3.44. The number of carbonyl (C=O) groups is 2. The Morgan fingerprint density at radius 1 is 1.18 bits per heavy atom. The van der Waals surface area contributed by atoms with Crippen molar-refractivity contribution >= 4 is 11.8 Å². The third-order valence-corrected chi connectivity index (χ3v) is 5.42. The van der Waals surface area contributed by atoms with Crippen molar-refractivity contribution in [2.24, 2.45) is 0 Å². The maximum absolute atomic E-state index is 12.6. The van der Waals surface area contributed by atoms with Crippen molar-refractivity contribution in [3.05, 3.63) is 42.3 Å². The Bertz CT molecular complexity index is 823. The highest BCUT2D eigenvalue weighted by Gasteiger charge is 2.31. The number of nitrogens with zero attached hydrogens (tertiary/aromatic N) is 3. The van der Waals surface area contributed by atoms with Gasteiger partial charge in [0.05, 0.1) is 18.2 Å². The molecule has 1 saturated heterocycles. The van der Waals surface area contributed by atoms with Crippen LogP contribution in [0.3, 0.4) is 0 Å². The molecule has 148 valence electrons. The summed E-state index contributed by atoms with van der Waals surface area (Å²) in [5, 5.41) is 3.05. The van der Waals surface area contributed by atoms with Crippen molar-refractivity contribution in [3.8, 4) is 11.5 Å². The van der Waals surface area contributed by atoms with Crippen LogP contribution < -0.4 is 5.32 Å². The number of piperazine rings is 1. The molecule has 2 amide bonds. The largest absolute Gasteiger partial charge is 0.444 e. The molecule has 0 spiro atoms. The molecule has 2 aromatic rings. The molecule has 0 bridgehead atoms. The Kier molecular flexibility index (Phi) is 5.43. The van der Waals surface area contributed by atoms with Crippen molar-refractivity contribution in [3.63, 3.8) is 0 Å². The van der Waals surface area contributed by atoms with Crippen LogP contribution in [0.2, 0.25) is 0 Å². The minimum absolute atomic E-state index is 0.0441. The van der Waals surface area contributed by atoms with Gasteiger partial charge in [-0.05, 0) is 31.9 Å². The second-order valence-electron chi connectivity index (χ2n) is 7.56. The molecule has 2 fully saturated rings. The van der Waals surface area contributed by atoms with Crippen LogP contribution >= 0.6 is 0 Å². The van der Waals surface area contributed by atoms with Crippen molar-refractivity contribution < 1.29 is 14.0 Å². The molecule has 0 radical (unpaired) electrons. The molecule has 4 rings (SSSR count). The van der Waals surface area contributed by atoms with Crippen molar-refractivity contribution in [2.45, 2.75) is 38.3 Å². The lowest BCUT2D eigenvalue weighted by molar-refractivity contribution is -0.133. The number of benzene rings is 1. The van der Waals surface area contributed by atoms with Crippen molar-refractivity contribution in [1.29, 1.82) is 0 Å². The predicted octanol–water partition coefficient (Wildman–Crippen LogP) is 1.70. The summed E-state index contributed by atoms with van der Waals surface area (Å²) in [6.07, 6.45) is 3.97. The average Bonchev–Trinajstić information content (AvgIpc) is 3.42. The number of aromatic nitrogens is 1. The van der Waals surface area contributed by atoms with Gasteiger partial charge in [0.25, 0.3) is 0 Å².